The first-order chi connectivity index (χ1) is 11.8. The Kier molecular flexibility index (Phi) is 3.84. The summed E-state index contributed by atoms with van der Waals surface area (Å²) in [6.45, 7) is 2.93. The molecule has 2 aromatic carbocycles. The molecule has 2 heterocycles. The van der Waals surface area contributed by atoms with Crippen molar-refractivity contribution in [3.8, 4) is 11.3 Å². The van der Waals surface area contributed by atoms with E-state index in [4.69, 9.17) is 4.52 Å². The van der Waals surface area contributed by atoms with Crippen LogP contribution in [0, 0.1) is 0 Å². The number of carbonyl (C=O) groups excluding carboxylic acids is 1. The zero-order chi connectivity index (χ0) is 16.4. The van der Waals surface area contributed by atoms with Gasteiger partial charge >= 0.3 is 0 Å². The van der Waals surface area contributed by atoms with Crippen LogP contribution in [0.4, 0.5) is 5.88 Å². The van der Waals surface area contributed by atoms with Crippen molar-refractivity contribution >= 4 is 12.3 Å². The summed E-state index contributed by atoms with van der Waals surface area (Å²) in [6.07, 6.45) is 0.571. The molecule has 0 spiro atoms. The summed E-state index contributed by atoms with van der Waals surface area (Å²) < 4.78 is 5.03. The number of nitrogens with one attached hydrogen (secondary N) is 1. The fraction of sp³-hybridized carbons (Fsp3) is 0.158. The third-order valence-electron chi connectivity index (χ3n) is 4.27. The van der Waals surface area contributed by atoms with E-state index >= 15 is 0 Å². The van der Waals surface area contributed by atoms with Gasteiger partial charge in [-0.15, -0.1) is 0 Å². The van der Waals surface area contributed by atoms with Crippen LogP contribution >= 0.6 is 0 Å². The van der Waals surface area contributed by atoms with E-state index in [1.54, 1.807) is 6.07 Å². The predicted octanol–water partition coefficient (Wildman–Crippen LogP) is 3.43. The van der Waals surface area contributed by atoms with E-state index in [0.29, 0.717) is 18.0 Å². The monoisotopic (exact) mass is 319 g/mol. The molecule has 1 N–H and O–H groups in total. The van der Waals surface area contributed by atoms with Gasteiger partial charge < -0.3 is 4.52 Å². The summed E-state index contributed by atoms with van der Waals surface area (Å²) in [4.78, 5) is 12.8. The van der Waals surface area contributed by atoms with Crippen LogP contribution in [0.25, 0.3) is 11.3 Å². The van der Waals surface area contributed by atoms with Gasteiger partial charge in [0.2, 0.25) is 12.3 Å². The number of fused-ring (bicyclic) bond motifs is 1. The van der Waals surface area contributed by atoms with Gasteiger partial charge in [-0.25, -0.2) is 0 Å². The quantitative estimate of drug-likeness (QED) is 0.732. The van der Waals surface area contributed by atoms with Gasteiger partial charge in [0.15, 0.2) is 0 Å². The van der Waals surface area contributed by atoms with Crippen molar-refractivity contribution in [2.24, 2.45) is 0 Å². The van der Waals surface area contributed by atoms with E-state index in [-0.39, 0.29) is 0 Å². The largest absolute Gasteiger partial charge is 0.338 e. The van der Waals surface area contributed by atoms with Crippen LogP contribution in [-0.2, 0) is 24.4 Å². The van der Waals surface area contributed by atoms with Crippen molar-refractivity contribution in [1.82, 2.24) is 10.1 Å². The minimum absolute atomic E-state index is 0.346. The molecule has 5 nitrogen and oxygen atoms in total. The van der Waals surface area contributed by atoms with Gasteiger partial charge in [-0.05, 0) is 16.7 Å². The highest BCUT2D eigenvalue weighted by atomic mass is 16.5. The molecule has 0 radical (unpaired) electrons. The molecule has 3 aromatic rings. The molecule has 0 aliphatic carbocycles. The summed E-state index contributed by atoms with van der Waals surface area (Å²) in [5, 5.41) is 6.41. The van der Waals surface area contributed by atoms with Crippen molar-refractivity contribution in [2.75, 3.05) is 5.32 Å². The maximum Gasteiger partial charge on any atom is 0.231 e. The third-order valence-corrected chi connectivity index (χ3v) is 4.27. The minimum atomic E-state index is 0.346. The van der Waals surface area contributed by atoms with Crippen molar-refractivity contribution in [2.45, 2.75) is 19.6 Å². The molecule has 1 amide bonds. The lowest BCUT2D eigenvalue weighted by atomic mass is 10.1. The first kappa shape index (κ1) is 14.7. The first-order valence-corrected chi connectivity index (χ1v) is 7.87. The van der Waals surface area contributed by atoms with Crippen molar-refractivity contribution in [3.63, 3.8) is 0 Å². The number of carbonyl (C=O) groups is 1. The number of amides is 1. The van der Waals surface area contributed by atoms with E-state index in [9.17, 15) is 4.79 Å². The molecule has 4 rings (SSSR count). The van der Waals surface area contributed by atoms with Crippen molar-refractivity contribution in [1.29, 1.82) is 0 Å². The molecule has 0 saturated heterocycles. The van der Waals surface area contributed by atoms with Gasteiger partial charge in [0, 0.05) is 31.3 Å². The second-order valence-electron chi connectivity index (χ2n) is 5.95. The molecule has 0 atom stereocenters. The highest BCUT2D eigenvalue weighted by molar-refractivity contribution is 5.71. The summed E-state index contributed by atoms with van der Waals surface area (Å²) in [5.41, 5.74) is 5.78. The van der Waals surface area contributed by atoms with Crippen LogP contribution in [0.3, 0.4) is 0 Å². The Labute approximate surface area is 139 Å². The lowest BCUT2D eigenvalue weighted by Crippen LogP contribution is -2.15. The molecule has 0 bridgehead atoms. The average molecular weight is 319 g/mol. The molecule has 0 unspecified atom stereocenters. The van der Waals surface area contributed by atoms with Crippen LogP contribution < -0.4 is 5.32 Å². The Bertz CT molecular complexity index is 830. The molecule has 24 heavy (non-hydrogen) atoms. The average Bonchev–Trinajstić information content (AvgIpc) is 3.22. The summed E-state index contributed by atoms with van der Waals surface area (Å²) in [5.74, 6) is 0.346. The molecule has 0 fully saturated rings. The lowest BCUT2D eigenvalue weighted by Gasteiger charge is -2.14. The zero-order valence-electron chi connectivity index (χ0n) is 13.1. The van der Waals surface area contributed by atoms with Crippen LogP contribution in [0.15, 0.2) is 59.1 Å². The molecule has 1 aromatic heterocycles. The van der Waals surface area contributed by atoms with Gasteiger partial charge in [0.05, 0.1) is 0 Å². The third kappa shape index (κ3) is 2.94. The molecule has 0 saturated carbocycles. The topological polar surface area (TPSA) is 58.4 Å². The highest BCUT2D eigenvalue weighted by Gasteiger charge is 2.18. The van der Waals surface area contributed by atoms with Gasteiger partial charge in [-0.1, -0.05) is 53.7 Å². The van der Waals surface area contributed by atoms with Crippen LogP contribution in [0.5, 0.6) is 0 Å². The number of rotatable bonds is 5. The van der Waals surface area contributed by atoms with E-state index in [0.717, 1.165) is 25.2 Å². The minimum Gasteiger partial charge on any atom is -0.338 e. The summed E-state index contributed by atoms with van der Waals surface area (Å²) in [6, 6.07) is 18.6. The molecule has 1 aliphatic rings. The smallest absolute Gasteiger partial charge is 0.231 e. The second-order valence-corrected chi connectivity index (χ2v) is 5.95. The maximum absolute atomic E-state index is 10.4. The molecule has 5 heteroatoms. The summed E-state index contributed by atoms with van der Waals surface area (Å²) >= 11 is 0. The van der Waals surface area contributed by atoms with Crippen LogP contribution in [0.2, 0.25) is 0 Å². The number of hydrogen-bond donors (Lipinski definition) is 1. The Morgan fingerprint density at radius 2 is 1.79 bits per heavy atom. The van der Waals surface area contributed by atoms with Gasteiger partial charge in [0.1, 0.15) is 5.69 Å². The standard InChI is InChI=1S/C19H17N3O2/c23-13-20-19-9-18(21-24-19)15-7-5-14(6-8-15)10-22-11-16-3-1-2-4-17(16)12-22/h1-9,13H,10-12H2,(H,20,23). The van der Waals surface area contributed by atoms with Gasteiger partial charge in [-0.2, -0.15) is 0 Å². The fourth-order valence-electron chi connectivity index (χ4n) is 3.09. The number of hydrogen-bond acceptors (Lipinski definition) is 4. The predicted molar refractivity (Wildman–Crippen MR) is 91.0 cm³/mol. The zero-order valence-corrected chi connectivity index (χ0v) is 13.1. The second kappa shape index (κ2) is 6.29. The van der Waals surface area contributed by atoms with E-state index < -0.39 is 0 Å². The van der Waals surface area contributed by atoms with Crippen LogP contribution in [-0.4, -0.2) is 16.5 Å². The number of aromatic nitrogens is 1. The van der Waals surface area contributed by atoms with E-state index in [1.807, 2.05) is 12.1 Å². The fourth-order valence-corrected chi connectivity index (χ4v) is 3.09. The number of nitrogens with zero attached hydrogens (tertiary/aromatic N) is 2. The SMILES string of the molecule is O=CNc1cc(-c2ccc(CN3Cc4ccccc4C3)cc2)no1. The van der Waals surface area contributed by atoms with Crippen LogP contribution in [0.1, 0.15) is 16.7 Å². The highest BCUT2D eigenvalue weighted by Crippen LogP contribution is 2.25. The van der Waals surface area contributed by atoms with Gasteiger partial charge in [0.25, 0.3) is 0 Å². The van der Waals surface area contributed by atoms with Gasteiger partial charge in [-0.3, -0.25) is 15.0 Å². The number of anilines is 1. The van der Waals surface area contributed by atoms with E-state index in [1.165, 1.54) is 16.7 Å². The Morgan fingerprint density at radius 1 is 1.08 bits per heavy atom. The van der Waals surface area contributed by atoms with Crippen molar-refractivity contribution < 1.29 is 9.32 Å². The Hall–Kier alpha value is -2.92. The Morgan fingerprint density at radius 3 is 2.46 bits per heavy atom. The van der Waals surface area contributed by atoms with Crippen molar-refractivity contribution in [3.05, 3.63) is 71.3 Å². The molecule has 1 aliphatic heterocycles. The summed E-state index contributed by atoms with van der Waals surface area (Å²) in [7, 11) is 0. The van der Waals surface area contributed by atoms with E-state index in [2.05, 4.69) is 51.8 Å². The first-order valence-electron chi connectivity index (χ1n) is 7.87. The lowest BCUT2D eigenvalue weighted by molar-refractivity contribution is -0.105. The normalized spacial score (nSPS) is 13.7. The Balaban J connectivity index is 1.44. The molecule has 120 valence electrons. The maximum atomic E-state index is 10.4. The molecular formula is C19H17N3O2. The number of benzene rings is 2. The molecular weight excluding hydrogens is 302 g/mol.